The monoisotopic (exact) mass is 431 g/mol. The number of likely N-dealkylation sites (tertiary alicyclic amines) is 1. The van der Waals surface area contributed by atoms with Crippen LogP contribution in [0.4, 0.5) is 17.6 Å². The molecule has 3 nitrogen and oxygen atoms in total. The summed E-state index contributed by atoms with van der Waals surface area (Å²) >= 11 is 0. The van der Waals surface area contributed by atoms with E-state index in [0.29, 0.717) is 6.54 Å². The predicted octanol–water partition coefficient (Wildman–Crippen LogP) is 5.96. The van der Waals surface area contributed by atoms with Gasteiger partial charge in [-0.15, -0.1) is 12.4 Å². The number of para-hydroxylation sites is 2. The molecular formula is C21H22ClF4NO2. The van der Waals surface area contributed by atoms with Gasteiger partial charge in [-0.3, -0.25) is 4.90 Å². The number of rotatable bonds is 6. The van der Waals surface area contributed by atoms with Crippen LogP contribution in [0.15, 0.2) is 30.3 Å². The molecule has 1 heterocycles. The first-order valence-corrected chi connectivity index (χ1v) is 9.08. The van der Waals surface area contributed by atoms with Gasteiger partial charge in [-0.1, -0.05) is 30.7 Å². The van der Waals surface area contributed by atoms with Crippen molar-refractivity contribution in [2.24, 2.45) is 0 Å². The minimum absolute atomic E-state index is 0. The summed E-state index contributed by atoms with van der Waals surface area (Å²) in [5, 5.41) is 0. The standard InChI is InChI=1S/C21H21F4NO2.ClH/c1-27-15-9-3-4-10-16(15)28-21-19(24)17(22)14(18(23)20(21)25)8-7-13-26-11-5-2-6-12-26;/h3-4,7-10H,2,5-6,11-13H2,1H3;1H. The first-order valence-electron chi connectivity index (χ1n) is 9.08. The van der Waals surface area contributed by atoms with Crippen molar-refractivity contribution in [3.8, 4) is 17.2 Å². The Hall–Kier alpha value is -2.25. The first kappa shape index (κ1) is 23.0. The molecule has 2 aromatic rings. The van der Waals surface area contributed by atoms with Gasteiger partial charge in [0.1, 0.15) is 0 Å². The highest BCUT2D eigenvalue weighted by Crippen LogP contribution is 2.37. The highest BCUT2D eigenvalue weighted by Gasteiger charge is 2.26. The van der Waals surface area contributed by atoms with E-state index in [2.05, 4.69) is 4.90 Å². The lowest BCUT2D eigenvalue weighted by Gasteiger charge is -2.24. The van der Waals surface area contributed by atoms with Crippen LogP contribution in [0.2, 0.25) is 0 Å². The van der Waals surface area contributed by atoms with Crippen LogP contribution in [-0.4, -0.2) is 31.6 Å². The van der Waals surface area contributed by atoms with Crippen LogP contribution in [-0.2, 0) is 0 Å². The molecule has 0 aliphatic carbocycles. The molecule has 0 N–H and O–H groups in total. The number of piperidine rings is 1. The second-order valence-corrected chi connectivity index (χ2v) is 6.52. The van der Waals surface area contributed by atoms with E-state index in [1.54, 1.807) is 6.07 Å². The van der Waals surface area contributed by atoms with Crippen molar-refractivity contribution in [3.05, 3.63) is 59.2 Å². The van der Waals surface area contributed by atoms with E-state index in [-0.39, 0.29) is 23.9 Å². The summed E-state index contributed by atoms with van der Waals surface area (Å²) in [7, 11) is 1.34. The molecule has 29 heavy (non-hydrogen) atoms. The van der Waals surface area contributed by atoms with Crippen LogP contribution in [0, 0.1) is 23.3 Å². The van der Waals surface area contributed by atoms with Gasteiger partial charge in [0.05, 0.1) is 12.7 Å². The predicted molar refractivity (Wildman–Crippen MR) is 106 cm³/mol. The maximum absolute atomic E-state index is 14.4. The number of nitrogens with zero attached hydrogens (tertiary/aromatic N) is 1. The highest BCUT2D eigenvalue weighted by atomic mass is 35.5. The zero-order chi connectivity index (χ0) is 20.1. The van der Waals surface area contributed by atoms with Gasteiger partial charge in [0, 0.05) is 6.54 Å². The van der Waals surface area contributed by atoms with Crippen molar-refractivity contribution in [3.63, 3.8) is 0 Å². The van der Waals surface area contributed by atoms with Gasteiger partial charge in [0.2, 0.25) is 17.4 Å². The Kier molecular flexibility index (Phi) is 8.34. The lowest BCUT2D eigenvalue weighted by atomic mass is 10.1. The molecule has 0 aromatic heterocycles. The molecule has 0 bridgehead atoms. The molecular weight excluding hydrogens is 410 g/mol. The second-order valence-electron chi connectivity index (χ2n) is 6.52. The second kappa shape index (κ2) is 10.5. The van der Waals surface area contributed by atoms with Crippen molar-refractivity contribution in [2.75, 3.05) is 26.7 Å². The van der Waals surface area contributed by atoms with Crippen LogP contribution in [0.1, 0.15) is 24.8 Å². The topological polar surface area (TPSA) is 21.7 Å². The maximum atomic E-state index is 14.4. The summed E-state index contributed by atoms with van der Waals surface area (Å²) < 4.78 is 67.7. The molecule has 0 spiro atoms. The van der Waals surface area contributed by atoms with Crippen molar-refractivity contribution in [1.82, 2.24) is 4.90 Å². The normalized spacial score (nSPS) is 14.7. The average molecular weight is 432 g/mol. The van der Waals surface area contributed by atoms with Gasteiger partial charge >= 0.3 is 0 Å². The SMILES string of the molecule is COc1ccccc1Oc1c(F)c(F)c(C=CCN2CCCCC2)c(F)c1F.Cl. The van der Waals surface area contributed by atoms with Gasteiger partial charge in [-0.05, 0) is 38.1 Å². The maximum Gasteiger partial charge on any atom is 0.205 e. The zero-order valence-electron chi connectivity index (χ0n) is 15.9. The molecule has 0 amide bonds. The summed E-state index contributed by atoms with van der Waals surface area (Å²) in [5.41, 5.74) is -0.764. The third-order valence-electron chi connectivity index (χ3n) is 4.63. The van der Waals surface area contributed by atoms with E-state index in [1.807, 2.05) is 0 Å². The molecule has 0 radical (unpaired) electrons. The fraction of sp³-hybridized carbons (Fsp3) is 0.333. The van der Waals surface area contributed by atoms with E-state index >= 15 is 0 Å². The molecule has 0 atom stereocenters. The van der Waals surface area contributed by atoms with Gasteiger partial charge in [0.25, 0.3) is 0 Å². The number of methoxy groups -OCH3 is 1. The number of hydrogen-bond acceptors (Lipinski definition) is 3. The summed E-state index contributed by atoms with van der Waals surface area (Å²) in [6.45, 7) is 2.25. The Morgan fingerprint density at radius 2 is 1.48 bits per heavy atom. The molecule has 1 aliphatic rings. The Bertz CT molecular complexity index is 841. The van der Waals surface area contributed by atoms with Gasteiger partial charge in [-0.25, -0.2) is 8.78 Å². The van der Waals surface area contributed by atoms with E-state index < -0.39 is 34.6 Å². The lowest BCUT2D eigenvalue weighted by molar-refractivity contribution is 0.252. The molecule has 8 heteroatoms. The Morgan fingerprint density at radius 3 is 2.07 bits per heavy atom. The van der Waals surface area contributed by atoms with E-state index in [4.69, 9.17) is 9.47 Å². The van der Waals surface area contributed by atoms with Crippen molar-refractivity contribution in [1.29, 1.82) is 0 Å². The van der Waals surface area contributed by atoms with Gasteiger partial charge in [-0.2, -0.15) is 8.78 Å². The Morgan fingerprint density at radius 1 is 0.897 bits per heavy atom. The number of ether oxygens (including phenoxy) is 2. The fourth-order valence-corrected chi connectivity index (χ4v) is 3.14. The molecule has 1 aliphatic heterocycles. The van der Waals surface area contributed by atoms with Crippen LogP contribution >= 0.6 is 12.4 Å². The van der Waals surface area contributed by atoms with Crippen molar-refractivity contribution < 1.29 is 27.0 Å². The van der Waals surface area contributed by atoms with E-state index in [9.17, 15) is 17.6 Å². The van der Waals surface area contributed by atoms with Crippen LogP contribution < -0.4 is 9.47 Å². The summed E-state index contributed by atoms with van der Waals surface area (Å²) in [6.07, 6.45) is 5.86. The number of benzene rings is 2. The Labute approximate surface area is 173 Å². The quantitative estimate of drug-likeness (QED) is 0.416. The molecule has 0 unspecified atom stereocenters. The zero-order valence-corrected chi connectivity index (χ0v) is 16.7. The molecule has 158 valence electrons. The smallest absolute Gasteiger partial charge is 0.205 e. The van der Waals surface area contributed by atoms with Crippen molar-refractivity contribution in [2.45, 2.75) is 19.3 Å². The third-order valence-corrected chi connectivity index (χ3v) is 4.63. The van der Waals surface area contributed by atoms with Crippen LogP contribution in [0.5, 0.6) is 17.2 Å². The van der Waals surface area contributed by atoms with Gasteiger partial charge < -0.3 is 9.47 Å². The summed E-state index contributed by atoms with van der Waals surface area (Å²) in [6, 6.07) is 6.03. The van der Waals surface area contributed by atoms with Crippen LogP contribution in [0.3, 0.4) is 0 Å². The molecule has 1 fully saturated rings. The van der Waals surface area contributed by atoms with E-state index in [0.717, 1.165) is 38.4 Å². The minimum Gasteiger partial charge on any atom is -0.493 e. The van der Waals surface area contributed by atoms with E-state index in [1.165, 1.54) is 31.4 Å². The summed E-state index contributed by atoms with van der Waals surface area (Å²) in [4.78, 5) is 2.11. The lowest BCUT2D eigenvalue weighted by Crippen LogP contribution is -2.29. The highest BCUT2D eigenvalue weighted by molar-refractivity contribution is 5.85. The number of halogens is 5. The molecule has 2 aromatic carbocycles. The molecule has 1 saturated heterocycles. The molecule has 3 rings (SSSR count). The largest absolute Gasteiger partial charge is 0.493 e. The minimum atomic E-state index is -1.59. The van der Waals surface area contributed by atoms with Crippen molar-refractivity contribution >= 4 is 18.5 Å². The number of hydrogen-bond donors (Lipinski definition) is 0. The fourth-order valence-electron chi connectivity index (χ4n) is 3.14. The summed E-state index contributed by atoms with van der Waals surface area (Å²) in [5.74, 6) is -7.22. The van der Waals surface area contributed by atoms with Gasteiger partial charge in [0.15, 0.2) is 23.1 Å². The molecule has 0 saturated carbocycles. The first-order chi connectivity index (χ1) is 13.5. The van der Waals surface area contributed by atoms with Crippen LogP contribution in [0.25, 0.3) is 6.08 Å². The Balaban J connectivity index is 0.00000300. The third kappa shape index (κ3) is 5.22. The average Bonchev–Trinajstić information content (AvgIpc) is 2.73.